The summed E-state index contributed by atoms with van der Waals surface area (Å²) < 4.78 is 4.79. The van der Waals surface area contributed by atoms with Gasteiger partial charge in [-0.1, -0.05) is 48.5 Å². The van der Waals surface area contributed by atoms with Gasteiger partial charge in [0.05, 0.1) is 19.1 Å². The summed E-state index contributed by atoms with van der Waals surface area (Å²) in [7, 11) is 1.41. The summed E-state index contributed by atoms with van der Waals surface area (Å²) in [5.41, 5.74) is 0.0460. The van der Waals surface area contributed by atoms with E-state index in [1.54, 1.807) is 0 Å². The molecular weight excluding hydrogens is 240 g/mol. The van der Waals surface area contributed by atoms with Crippen LogP contribution >= 0.6 is 0 Å². The second-order valence-corrected chi connectivity index (χ2v) is 7.96. The highest BCUT2D eigenvalue weighted by molar-refractivity contribution is 5.71. The number of aliphatic hydroxyl groups is 1. The molecule has 3 unspecified atom stereocenters. The van der Waals surface area contributed by atoms with E-state index in [9.17, 15) is 9.90 Å². The average molecular weight is 272 g/mol. The van der Waals surface area contributed by atoms with E-state index in [0.717, 1.165) is 6.42 Å². The van der Waals surface area contributed by atoms with E-state index in [2.05, 4.69) is 41.5 Å². The fraction of sp³-hybridized carbons (Fsp3) is 0.938. The lowest BCUT2D eigenvalue weighted by Gasteiger charge is -2.38. The van der Waals surface area contributed by atoms with Crippen LogP contribution in [0.5, 0.6) is 0 Å². The average Bonchev–Trinajstić information content (AvgIpc) is 2.19. The van der Waals surface area contributed by atoms with Gasteiger partial charge in [0.1, 0.15) is 0 Å². The monoisotopic (exact) mass is 272 g/mol. The molecule has 0 heterocycles. The molecule has 0 aliphatic heterocycles. The summed E-state index contributed by atoms with van der Waals surface area (Å²) in [5, 5.41) is 10.5. The Morgan fingerprint density at radius 3 is 1.95 bits per heavy atom. The molecule has 0 spiro atoms. The molecule has 0 amide bonds. The predicted octanol–water partition coefficient (Wildman–Crippen LogP) is 3.65. The highest BCUT2D eigenvalue weighted by Gasteiger charge is 2.35. The summed E-state index contributed by atoms with van der Waals surface area (Å²) in [5.74, 6) is -0.290. The summed E-state index contributed by atoms with van der Waals surface area (Å²) in [6.45, 7) is 14.6. The maximum absolute atomic E-state index is 11.6. The summed E-state index contributed by atoms with van der Waals surface area (Å²) in [6.07, 6.45) is 1.00. The van der Waals surface area contributed by atoms with Crippen molar-refractivity contribution in [1.29, 1.82) is 0 Å². The molecule has 0 bridgehead atoms. The minimum Gasteiger partial charge on any atom is -0.469 e. The van der Waals surface area contributed by atoms with Gasteiger partial charge >= 0.3 is 5.97 Å². The lowest BCUT2D eigenvalue weighted by atomic mass is 9.70. The third-order valence-corrected chi connectivity index (χ3v) is 3.61. The number of ether oxygens (including phenoxy) is 1. The van der Waals surface area contributed by atoms with Crippen LogP contribution in [0.15, 0.2) is 0 Å². The van der Waals surface area contributed by atoms with Crippen LogP contribution < -0.4 is 0 Å². The topological polar surface area (TPSA) is 46.5 Å². The van der Waals surface area contributed by atoms with Gasteiger partial charge in [-0.3, -0.25) is 4.79 Å². The molecule has 0 aromatic heterocycles. The van der Waals surface area contributed by atoms with Gasteiger partial charge in [0.15, 0.2) is 0 Å². The zero-order valence-electron chi connectivity index (χ0n) is 13.9. The number of hydrogen-bond donors (Lipinski definition) is 1. The Hall–Kier alpha value is -0.570. The highest BCUT2D eigenvalue weighted by Crippen LogP contribution is 2.38. The molecule has 0 aliphatic rings. The summed E-state index contributed by atoms with van der Waals surface area (Å²) in [4.78, 5) is 11.6. The standard InChI is InChI=1S/C16H32O3/c1-11(14(18)19-8)9-12(16(5,6)7)13(17)10-15(2,3)4/h11-13,17H,9-10H2,1-8H3. The predicted molar refractivity (Wildman–Crippen MR) is 78.8 cm³/mol. The lowest BCUT2D eigenvalue weighted by molar-refractivity contribution is -0.146. The normalized spacial score (nSPS) is 17.7. The number of esters is 1. The SMILES string of the molecule is COC(=O)C(C)CC(C(O)CC(C)(C)C)C(C)(C)C. The maximum Gasteiger partial charge on any atom is 0.308 e. The Labute approximate surface area is 118 Å². The second kappa shape index (κ2) is 6.74. The molecule has 0 rings (SSSR count). The first-order valence-electron chi connectivity index (χ1n) is 7.14. The molecule has 3 atom stereocenters. The van der Waals surface area contributed by atoms with E-state index >= 15 is 0 Å². The van der Waals surface area contributed by atoms with Crippen LogP contribution in [0, 0.1) is 22.7 Å². The van der Waals surface area contributed by atoms with Gasteiger partial charge < -0.3 is 9.84 Å². The van der Waals surface area contributed by atoms with Crippen LogP contribution in [-0.4, -0.2) is 24.3 Å². The fourth-order valence-corrected chi connectivity index (χ4v) is 2.54. The first kappa shape index (κ1) is 18.4. The summed E-state index contributed by atoms with van der Waals surface area (Å²) >= 11 is 0. The highest BCUT2D eigenvalue weighted by atomic mass is 16.5. The Kier molecular flexibility index (Phi) is 6.53. The maximum atomic E-state index is 11.6. The van der Waals surface area contributed by atoms with Crippen molar-refractivity contribution in [3.63, 3.8) is 0 Å². The fourth-order valence-electron chi connectivity index (χ4n) is 2.54. The number of rotatable bonds is 5. The Bertz CT molecular complexity index is 283. The number of carbonyl (C=O) groups is 1. The molecule has 19 heavy (non-hydrogen) atoms. The molecule has 0 aromatic rings. The molecule has 0 fully saturated rings. The van der Waals surface area contributed by atoms with Crippen LogP contribution in [0.3, 0.4) is 0 Å². The van der Waals surface area contributed by atoms with E-state index in [1.165, 1.54) is 7.11 Å². The van der Waals surface area contributed by atoms with E-state index in [-0.39, 0.29) is 28.6 Å². The minimum atomic E-state index is -0.396. The Balaban J connectivity index is 4.88. The van der Waals surface area contributed by atoms with Gasteiger partial charge in [0.25, 0.3) is 0 Å². The van der Waals surface area contributed by atoms with Crippen molar-refractivity contribution in [3.8, 4) is 0 Å². The van der Waals surface area contributed by atoms with Crippen LogP contribution in [0.2, 0.25) is 0 Å². The van der Waals surface area contributed by atoms with E-state index in [4.69, 9.17) is 4.74 Å². The molecule has 0 aliphatic carbocycles. The van der Waals surface area contributed by atoms with E-state index in [1.807, 2.05) is 6.92 Å². The van der Waals surface area contributed by atoms with E-state index in [0.29, 0.717) is 6.42 Å². The quantitative estimate of drug-likeness (QED) is 0.777. The number of hydrogen-bond acceptors (Lipinski definition) is 3. The van der Waals surface area contributed by atoms with Crippen LogP contribution in [0.1, 0.15) is 61.3 Å². The van der Waals surface area contributed by atoms with Crippen molar-refractivity contribution in [2.75, 3.05) is 7.11 Å². The van der Waals surface area contributed by atoms with Crippen LogP contribution in [0.4, 0.5) is 0 Å². The third kappa shape index (κ3) is 6.95. The number of methoxy groups -OCH3 is 1. The van der Waals surface area contributed by atoms with Crippen molar-refractivity contribution in [2.24, 2.45) is 22.7 Å². The molecule has 3 heteroatoms. The van der Waals surface area contributed by atoms with Crippen molar-refractivity contribution in [2.45, 2.75) is 67.4 Å². The molecule has 0 aromatic carbocycles. The van der Waals surface area contributed by atoms with Crippen LogP contribution in [0.25, 0.3) is 0 Å². The van der Waals surface area contributed by atoms with Crippen molar-refractivity contribution < 1.29 is 14.6 Å². The van der Waals surface area contributed by atoms with Gasteiger partial charge in [-0.15, -0.1) is 0 Å². The molecular formula is C16H32O3. The number of carbonyl (C=O) groups excluding carboxylic acids is 1. The summed E-state index contributed by atoms with van der Waals surface area (Å²) in [6, 6.07) is 0. The second-order valence-electron chi connectivity index (χ2n) is 7.96. The van der Waals surface area contributed by atoms with Crippen molar-refractivity contribution in [1.82, 2.24) is 0 Å². The minimum absolute atomic E-state index is 0.0348. The van der Waals surface area contributed by atoms with Crippen LogP contribution in [-0.2, 0) is 9.53 Å². The van der Waals surface area contributed by atoms with Crippen molar-refractivity contribution >= 4 is 5.97 Å². The third-order valence-electron chi connectivity index (χ3n) is 3.61. The smallest absolute Gasteiger partial charge is 0.308 e. The lowest BCUT2D eigenvalue weighted by Crippen LogP contribution is -2.37. The molecule has 0 radical (unpaired) electrons. The Morgan fingerprint density at radius 2 is 1.63 bits per heavy atom. The largest absolute Gasteiger partial charge is 0.469 e. The first-order chi connectivity index (χ1) is 8.38. The van der Waals surface area contributed by atoms with Gasteiger partial charge in [-0.05, 0) is 29.6 Å². The molecule has 3 nitrogen and oxygen atoms in total. The number of aliphatic hydroxyl groups excluding tert-OH is 1. The molecule has 1 N–H and O–H groups in total. The molecule has 0 saturated carbocycles. The van der Waals surface area contributed by atoms with Gasteiger partial charge in [-0.25, -0.2) is 0 Å². The zero-order valence-corrected chi connectivity index (χ0v) is 13.9. The van der Waals surface area contributed by atoms with E-state index < -0.39 is 6.10 Å². The van der Waals surface area contributed by atoms with Crippen molar-refractivity contribution in [3.05, 3.63) is 0 Å². The van der Waals surface area contributed by atoms with Gasteiger partial charge in [-0.2, -0.15) is 0 Å². The van der Waals surface area contributed by atoms with Gasteiger partial charge in [0, 0.05) is 0 Å². The van der Waals surface area contributed by atoms with Gasteiger partial charge in [0.2, 0.25) is 0 Å². The first-order valence-corrected chi connectivity index (χ1v) is 7.14. The zero-order chi connectivity index (χ0) is 15.4. The molecule has 114 valence electrons. The molecule has 0 saturated heterocycles. The Morgan fingerprint density at radius 1 is 1.16 bits per heavy atom.